The first-order chi connectivity index (χ1) is 7.09. The Hall–Kier alpha value is -0.730. The van der Waals surface area contributed by atoms with Crippen LogP contribution in [0.2, 0.25) is 0 Å². The van der Waals surface area contributed by atoms with Crippen molar-refractivity contribution in [2.45, 2.75) is 51.5 Å². The molecule has 0 atom stereocenters. The van der Waals surface area contributed by atoms with Gasteiger partial charge in [-0.2, -0.15) is 0 Å². The molecular formula is C12H22N2O. The van der Waals surface area contributed by atoms with E-state index < -0.39 is 0 Å². The number of amides is 2. The third kappa shape index (κ3) is 2.44. The molecule has 2 rings (SSSR count). The number of urea groups is 1. The van der Waals surface area contributed by atoms with Crippen LogP contribution in [0.25, 0.3) is 0 Å². The van der Waals surface area contributed by atoms with Gasteiger partial charge in [0.05, 0.1) is 0 Å². The van der Waals surface area contributed by atoms with Crippen LogP contribution in [-0.4, -0.2) is 29.6 Å². The normalized spacial score (nSPS) is 25.9. The first-order valence-electron chi connectivity index (χ1n) is 6.16. The van der Waals surface area contributed by atoms with Crippen LogP contribution in [-0.2, 0) is 0 Å². The minimum absolute atomic E-state index is 0.0974. The highest BCUT2D eigenvalue weighted by atomic mass is 16.2. The van der Waals surface area contributed by atoms with Crippen LogP contribution in [0.1, 0.15) is 46.0 Å². The Kier molecular flexibility index (Phi) is 2.89. The van der Waals surface area contributed by atoms with E-state index in [1.165, 1.54) is 6.42 Å². The Morgan fingerprint density at radius 1 is 1.33 bits per heavy atom. The Morgan fingerprint density at radius 3 is 2.40 bits per heavy atom. The lowest BCUT2D eigenvalue weighted by Gasteiger charge is -2.41. The smallest absolute Gasteiger partial charge is 0.317 e. The Morgan fingerprint density at radius 2 is 1.93 bits per heavy atom. The third-order valence-corrected chi connectivity index (χ3v) is 3.94. The molecule has 0 spiro atoms. The zero-order valence-corrected chi connectivity index (χ0v) is 9.88. The summed E-state index contributed by atoms with van der Waals surface area (Å²) in [5.74, 6) is 0.785. The molecule has 3 nitrogen and oxygen atoms in total. The number of carbonyl (C=O) groups is 1. The Balaban J connectivity index is 1.80. The molecule has 0 aromatic heterocycles. The standard InChI is InChI=1S/C12H22N2O/c1-10-4-8-14(9-5-10)11(15)13-12(2)6-3-7-12/h10H,3-9H2,1-2H3,(H,13,15). The van der Waals surface area contributed by atoms with Crippen LogP contribution in [0.3, 0.4) is 0 Å². The highest BCUT2D eigenvalue weighted by molar-refractivity contribution is 5.75. The largest absolute Gasteiger partial charge is 0.333 e. The lowest BCUT2D eigenvalue weighted by molar-refractivity contribution is 0.144. The summed E-state index contributed by atoms with van der Waals surface area (Å²) < 4.78 is 0. The highest BCUT2D eigenvalue weighted by Gasteiger charge is 2.34. The molecule has 0 aromatic rings. The van der Waals surface area contributed by atoms with Gasteiger partial charge in [0.1, 0.15) is 0 Å². The first-order valence-corrected chi connectivity index (χ1v) is 6.16. The maximum Gasteiger partial charge on any atom is 0.317 e. The fraction of sp³-hybridized carbons (Fsp3) is 0.917. The van der Waals surface area contributed by atoms with Gasteiger partial charge in [-0.1, -0.05) is 6.92 Å². The van der Waals surface area contributed by atoms with Crippen molar-refractivity contribution in [3.63, 3.8) is 0 Å². The van der Waals surface area contributed by atoms with E-state index in [1.807, 2.05) is 4.90 Å². The number of hydrogen-bond acceptors (Lipinski definition) is 1. The molecule has 3 heteroatoms. The number of piperidine rings is 1. The van der Waals surface area contributed by atoms with Crippen molar-refractivity contribution in [2.75, 3.05) is 13.1 Å². The highest BCUT2D eigenvalue weighted by Crippen LogP contribution is 2.31. The summed E-state index contributed by atoms with van der Waals surface area (Å²) >= 11 is 0. The van der Waals surface area contributed by atoms with Crippen LogP contribution in [0.4, 0.5) is 4.79 Å². The lowest BCUT2D eigenvalue weighted by Crippen LogP contribution is -2.56. The molecule has 0 radical (unpaired) electrons. The number of nitrogens with one attached hydrogen (secondary N) is 1. The number of hydrogen-bond donors (Lipinski definition) is 1. The summed E-state index contributed by atoms with van der Waals surface area (Å²) in [5, 5.41) is 3.16. The average molecular weight is 210 g/mol. The quantitative estimate of drug-likeness (QED) is 0.708. The second-order valence-corrected chi connectivity index (χ2v) is 5.51. The van der Waals surface area contributed by atoms with Crippen molar-refractivity contribution in [3.05, 3.63) is 0 Å². The van der Waals surface area contributed by atoms with Crippen LogP contribution in [0.5, 0.6) is 0 Å². The zero-order valence-electron chi connectivity index (χ0n) is 9.88. The molecule has 0 aromatic carbocycles. The number of carbonyl (C=O) groups excluding carboxylic acids is 1. The molecule has 0 unspecified atom stereocenters. The molecule has 2 amide bonds. The molecule has 1 saturated heterocycles. The minimum Gasteiger partial charge on any atom is -0.333 e. The molecule has 1 N–H and O–H groups in total. The summed E-state index contributed by atoms with van der Waals surface area (Å²) in [7, 11) is 0. The van der Waals surface area contributed by atoms with Crippen LogP contribution >= 0.6 is 0 Å². The predicted octanol–water partition coefficient (Wildman–Crippen LogP) is 2.37. The van der Waals surface area contributed by atoms with Gasteiger partial charge in [0.2, 0.25) is 0 Å². The molecular weight excluding hydrogens is 188 g/mol. The average Bonchev–Trinajstić information content (AvgIpc) is 2.16. The molecule has 2 fully saturated rings. The van der Waals surface area contributed by atoms with Crippen molar-refractivity contribution in [1.82, 2.24) is 10.2 Å². The fourth-order valence-electron chi connectivity index (χ4n) is 2.38. The summed E-state index contributed by atoms with van der Waals surface area (Å²) in [5.41, 5.74) is 0.0974. The SMILES string of the molecule is CC1CCN(C(=O)NC2(C)CCC2)CC1. The molecule has 0 bridgehead atoms. The van der Waals surface area contributed by atoms with Gasteiger partial charge < -0.3 is 10.2 Å². The van der Waals surface area contributed by atoms with E-state index in [2.05, 4.69) is 19.2 Å². The second kappa shape index (κ2) is 4.03. The van der Waals surface area contributed by atoms with Gasteiger partial charge >= 0.3 is 6.03 Å². The van der Waals surface area contributed by atoms with Crippen molar-refractivity contribution in [1.29, 1.82) is 0 Å². The van der Waals surface area contributed by atoms with E-state index in [0.717, 1.165) is 44.7 Å². The van der Waals surface area contributed by atoms with Gasteiger partial charge in [0, 0.05) is 18.6 Å². The molecule has 1 aliphatic heterocycles. The summed E-state index contributed by atoms with van der Waals surface area (Å²) in [6, 6.07) is 0.157. The van der Waals surface area contributed by atoms with Gasteiger partial charge in [-0.3, -0.25) is 0 Å². The molecule has 2 aliphatic rings. The maximum atomic E-state index is 11.9. The maximum absolute atomic E-state index is 11.9. The summed E-state index contributed by atoms with van der Waals surface area (Å²) in [6.45, 7) is 6.29. The lowest BCUT2D eigenvalue weighted by atomic mass is 9.79. The van der Waals surface area contributed by atoms with E-state index in [0.29, 0.717) is 0 Å². The van der Waals surface area contributed by atoms with E-state index in [4.69, 9.17) is 0 Å². The van der Waals surface area contributed by atoms with Crippen LogP contribution in [0.15, 0.2) is 0 Å². The third-order valence-electron chi connectivity index (χ3n) is 3.94. The Labute approximate surface area is 92.2 Å². The molecule has 86 valence electrons. The molecule has 15 heavy (non-hydrogen) atoms. The van der Waals surface area contributed by atoms with E-state index in [-0.39, 0.29) is 11.6 Å². The molecule has 1 heterocycles. The van der Waals surface area contributed by atoms with E-state index in [1.54, 1.807) is 0 Å². The van der Waals surface area contributed by atoms with Crippen LogP contribution in [0, 0.1) is 5.92 Å². The van der Waals surface area contributed by atoms with Gasteiger partial charge in [-0.25, -0.2) is 4.79 Å². The number of rotatable bonds is 1. The molecule has 1 saturated carbocycles. The van der Waals surface area contributed by atoms with Crippen molar-refractivity contribution in [3.8, 4) is 0 Å². The monoisotopic (exact) mass is 210 g/mol. The Bertz CT molecular complexity index is 240. The van der Waals surface area contributed by atoms with Crippen molar-refractivity contribution < 1.29 is 4.79 Å². The minimum atomic E-state index is 0.0974. The van der Waals surface area contributed by atoms with Gasteiger partial charge in [-0.05, 0) is 44.9 Å². The molecule has 1 aliphatic carbocycles. The number of nitrogens with zero attached hydrogens (tertiary/aromatic N) is 1. The van der Waals surface area contributed by atoms with E-state index >= 15 is 0 Å². The van der Waals surface area contributed by atoms with Crippen molar-refractivity contribution in [2.24, 2.45) is 5.92 Å². The topological polar surface area (TPSA) is 32.3 Å². The number of likely N-dealkylation sites (tertiary alicyclic amines) is 1. The van der Waals surface area contributed by atoms with Gasteiger partial charge in [0.25, 0.3) is 0 Å². The van der Waals surface area contributed by atoms with E-state index in [9.17, 15) is 4.79 Å². The first kappa shape index (κ1) is 10.8. The summed E-state index contributed by atoms with van der Waals surface area (Å²) in [4.78, 5) is 13.9. The van der Waals surface area contributed by atoms with Gasteiger partial charge in [0.15, 0.2) is 0 Å². The van der Waals surface area contributed by atoms with Crippen LogP contribution < -0.4 is 5.32 Å². The summed E-state index contributed by atoms with van der Waals surface area (Å²) in [6.07, 6.45) is 5.86. The fourth-order valence-corrected chi connectivity index (χ4v) is 2.38. The van der Waals surface area contributed by atoms with Crippen molar-refractivity contribution >= 4 is 6.03 Å². The van der Waals surface area contributed by atoms with Gasteiger partial charge in [-0.15, -0.1) is 0 Å². The predicted molar refractivity (Wildman–Crippen MR) is 60.8 cm³/mol. The second-order valence-electron chi connectivity index (χ2n) is 5.51. The zero-order chi connectivity index (χ0) is 10.9.